The Balaban J connectivity index is 1.57. The molecule has 1 fully saturated rings. The van der Waals surface area contributed by atoms with Crippen LogP contribution < -0.4 is 14.4 Å². The fourth-order valence-corrected chi connectivity index (χ4v) is 8.07. The minimum absolute atomic E-state index is 0.108. The van der Waals surface area contributed by atoms with E-state index < -0.39 is 26.8 Å². The third kappa shape index (κ3) is 7.91. The van der Waals surface area contributed by atoms with Crippen molar-refractivity contribution in [3.8, 4) is 17.6 Å². The molecular formula is C36H45ClN2O6S. The molecule has 0 unspecified atom stereocenters. The van der Waals surface area contributed by atoms with Crippen LogP contribution in [0.3, 0.4) is 0 Å². The number of benzene rings is 2. The highest BCUT2D eigenvalue weighted by molar-refractivity contribution is 7.90. The number of hydrogen-bond acceptors (Lipinski definition) is 7. The quantitative estimate of drug-likeness (QED) is 0.233. The second-order valence-corrected chi connectivity index (χ2v) is 15.4. The predicted molar refractivity (Wildman–Crippen MR) is 182 cm³/mol. The second-order valence-electron chi connectivity index (χ2n) is 12.9. The third-order valence-electron chi connectivity index (χ3n) is 9.80. The highest BCUT2D eigenvalue weighted by Crippen LogP contribution is 2.45. The molecule has 0 aromatic heterocycles. The van der Waals surface area contributed by atoms with Crippen molar-refractivity contribution < 1.29 is 27.8 Å². The summed E-state index contributed by atoms with van der Waals surface area (Å²) < 4.78 is 40.6. The largest absolute Gasteiger partial charge is 0.487 e. The van der Waals surface area contributed by atoms with Gasteiger partial charge in [0.05, 0.1) is 17.5 Å². The first-order valence-electron chi connectivity index (χ1n) is 16.2. The Labute approximate surface area is 278 Å². The van der Waals surface area contributed by atoms with Crippen LogP contribution in [0, 0.1) is 29.6 Å². The van der Waals surface area contributed by atoms with Gasteiger partial charge in [-0.1, -0.05) is 42.5 Å². The average Bonchev–Trinajstić information content (AvgIpc) is 3.03. The molecule has 2 bridgehead atoms. The maximum Gasteiger partial charge on any atom is 0.264 e. The van der Waals surface area contributed by atoms with Crippen LogP contribution in [-0.2, 0) is 27.8 Å². The summed E-state index contributed by atoms with van der Waals surface area (Å²) in [4.78, 5) is 15.7. The summed E-state index contributed by atoms with van der Waals surface area (Å²) >= 11 is 6.33. The Morgan fingerprint density at radius 2 is 1.98 bits per heavy atom. The van der Waals surface area contributed by atoms with Crippen LogP contribution in [0.1, 0.15) is 73.9 Å². The number of nitrogens with one attached hydrogen (secondary N) is 1. The number of fused-ring (bicyclic) bond motifs is 3. The minimum atomic E-state index is -3.99. The van der Waals surface area contributed by atoms with Crippen molar-refractivity contribution in [1.29, 1.82) is 0 Å². The van der Waals surface area contributed by atoms with Crippen molar-refractivity contribution in [2.75, 3.05) is 31.7 Å². The lowest BCUT2D eigenvalue weighted by molar-refractivity contribution is -0.00300. The molecule has 0 saturated heterocycles. The van der Waals surface area contributed by atoms with Crippen LogP contribution in [0.2, 0.25) is 5.02 Å². The van der Waals surface area contributed by atoms with Gasteiger partial charge in [0.2, 0.25) is 10.0 Å². The molecule has 5 rings (SSSR count). The number of hydrogen-bond donors (Lipinski definition) is 2. The maximum atomic E-state index is 13.4. The Morgan fingerprint density at radius 3 is 2.74 bits per heavy atom. The van der Waals surface area contributed by atoms with Crippen LogP contribution in [0.5, 0.6) is 5.75 Å². The number of allylic oxidation sites excluding steroid dienone is 1. The molecule has 8 nitrogen and oxygen atoms in total. The van der Waals surface area contributed by atoms with Gasteiger partial charge in [-0.05, 0) is 105 Å². The van der Waals surface area contributed by atoms with Gasteiger partial charge >= 0.3 is 0 Å². The highest BCUT2D eigenvalue weighted by Gasteiger charge is 2.45. The predicted octanol–water partition coefficient (Wildman–Crippen LogP) is 5.90. The molecule has 10 heteroatoms. The lowest BCUT2D eigenvalue weighted by atomic mass is 9.64. The van der Waals surface area contributed by atoms with E-state index in [-0.39, 0.29) is 23.3 Å². The summed E-state index contributed by atoms with van der Waals surface area (Å²) in [6, 6.07) is 11.0. The smallest absolute Gasteiger partial charge is 0.264 e. The number of amides is 1. The van der Waals surface area contributed by atoms with Crippen molar-refractivity contribution in [2.45, 2.75) is 76.3 Å². The SMILES string of the molecule is COCCC#C[C@@]1(O)/C=C/C[C@H](C)[C@@H](C)S(=O)(=O)NC(=O)c2ccc3c(c2)N(CCCCc2cc(Cl)ccc2CO3)C[C@@H]2CC[C@H]21. The minimum Gasteiger partial charge on any atom is -0.487 e. The summed E-state index contributed by atoms with van der Waals surface area (Å²) in [7, 11) is -2.36. The number of carbonyl (C=O) groups excluding carboxylic acids is 1. The molecule has 248 valence electrons. The molecule has 0 radical (unpaired) electrons. The molecule has 2 aromatic rings. The van der Waals surface area contributed by atoms with Crippen LogP contribution >= 0.6 is 11.6 Å². The van der Waals surface area contributed by atoms with Crippen LogP contribution in [0.15, 0.2) is 48.6 Å². The molecule has 46 heavy (non-hydrogen) atoms. The highest BCUT2D eigenvalue weighted by atomic mass is 35.5. The van der Waals surface area contributed by atoms with Crippen molar-refractivity contribution in [2.24, 2.45) is 17.8 Å². The van der Waals surface area contributed by atoms with Gasteiger partial charge in [0, 0.05) is 43.1 Å². The van der Waals surface area contributed by atoms with E-state index in [0.717, 1.165) is 48.9 Å². The molecular weight excluding hydrogens is 624 g/mol. The lowest BCUT2D eigenvalue weighted by Gasteiger charge is -2.46. The maximum absolute atomic E-state index is 13.4. The van der Waals surface area contributed by atoms with Crippen molar-refractivity contribution in [3.05, 3.63) is 70.3 Å². The van der Waals surface area contributed by atoms with E-state index in [9.17, 15) is 18.3 Å². The first-order valence-corrected chi connectivity index (χ1v) is 18.2. The van der Waals surface area contributed by atoms with E-state index in [1.807, 2.05) is 31.2 Å². The van der Waals surface area contributed by atoms with E-state index in [1.54, 1.807) is 38.3 Å². The zero-order valence-electron chi connectivity index (χ0n) is 26.9. The number of aliphatic hydroxyl groups is 1. The monoisotopic (exact) mass is 668 g/mol. The van der Waals surface area contributed by atoms with Gasteiger partial charge in [0.25, 0.3) is 5.91 Å². The van der Waals surface area contributed by atoms with Gasteiger partial charge in [-0.2, -0.15) is 0 Å². The normalized spacial score (nSPS) is 28.8. The van der Waals surface area contributed by atoms with Crippen molar-refractivity contribution in [1.82, 2.24) is 4.72 Å². The molecule has 1 aliphatic carbocycles. The van der Waals surface area contributed by atoms with E-state index >= 15 is 0 Å². The molecule has 2 N–H and O–H groups in total. The Morgan fingerprint density at radius 1 is 1.15 bits per heavy atom. The Kier molecular flexibility index (Phi) is 11.0. The topological polar surface area (TPSA) is 105 Å². The Hall–Kier alpha value is -3.03. The van der Waals surface area contributed by atoms with Gasteiger partial charge in [0.15, 0.2) is 0 Å². The first-order chi connectivity index (χ1) is 22.0. The Bertz CT molecular complexity index is 1620. The van der Waals surface area contributed by atoms with Crippen LogP contribution in [0.25, 0.3) is 0 Å². The average molecular weight is 669 g/mol. The van der Waals surface area contributed by atoms with E-state index in [1.165, 1.54) is 0 Å². The molecule has 1 saturated carbocycles. The van der Waals surface area contributed by atoms with Gasteiger partial charge < -0.3 is 19.5 Å². The van der Waals surface area contributed by atoms with Crippen LogP contribution in [-0.4, -0.2) is 57.1 Å². The number of anilines is 1. The summed E-state index contributed by atoms with van der Waals surface area (Å²) in [6.07, 6.45) is 8.94. The molecule has 2 aliphatic heterocycles. The van der Waals surface area contributed by atoms with E-state index in [2.05, 4.69) is 21.5 Å². The van der Waals surface area contributed by atoms with Gasteiger partial charge in [-0.3, -0.25) is 4.79 Å². The fourth-order valence-electron chi connectivity index (χ4n) is 6.59. The summed E-state index contributed by atoms with van der Waals surface area (Å²) in [5, 5.41) is 11.9. The van der Waals surface area contributed by atoms with Gasteiger partial charge in [0.1, 0.15) is 18.0 Å². The first kappa shape index (κ1) is 34.3. The number of halogens is 1. The number of nitrogens with zero attached hydrogens (tertiary/aromatic N) is 1. The molecule has 2 heterocycles. The number of carbonyl (C=O) groups is 1. The van der Waals surface area contributed by atoms with Crippen molar-refractivity contribution in [3.63, 3.8) is 0 Å². The number of aryl methyl sites for hydroxylation is 1. The fraction of sp³-hybridized carbons (Fsp3) is 0.528. The number of sulfonamides is 1. The van der Waals surface area contributed by atoms with Crippen molar-refractivity contribution >= 4 is 33.2 Å². The summed E-state index contributed by atoms with van der Waals surface area (Å²) in [5.41, 5.74) is 1.82. The zero-order valence-corrected chi connectivity index (χ0v) is 28.5. The van der Waals surface area contributed by atoms with E-state index in [0.29, 0.717) is 49.9 Å². The number of ether oxygens (including phenoxy) is 2. The summed E-state index contributed by atoms with van der Waals surface area (Å²) in [6.45, 7) is 5.57. The van der Waals surface area contributed by atoms with Gasteiger partial charge in [-0.25, -0.2) is 13.1 Å². The lowest BCUT2D eigenvalue weighted by Crippen LogP contribution is -2.49. The standard InChI is InChI=1S/C36H45ClN2O6S/c1-25-9-8-18-36(41,17-5-7-20-44-3)32-15-12-29(32)23-39-19-6-4-10-27-21-31(37)14-11-30(27)24-45-34-16-13-28(22-33(34)39)35(40)38-46(42,43)26(25)2/h8,11,13-14,16,18,21-22,25-26,29,32,41H,4,6-7,9-10,12,15,19-20,23-24H2,1-3H3,(H,38,40)/b18-8+/t25-,26+,29-,32+,36+/m0/s1. The number of rotatable bonds is 2. The molecule has 3 aliphatic rings. The number of methoxy groups -OCH3 is 1. The summed E-state index contributed by atoms with van der Waals surface area (Å²) in [5.74, 6) is 5.93. The molecule has 5 atom stereocenters. The third-order valence-corrected chi connectivity index (χ3v) is 11.9. The second kappa shape index (κ2) is 14.8. The zero-order chi connectivity index (χ0) is 32.9. The molecule has 0 spiro atoms. The molecule has 1 amide bonds. The van der Waals surface area contributed by atoms with E-state index in [4.69, 9.17) is 21.1 Å². The van der Waals surface area contributed by atoms with Gasteiger partial charge in [-0.15, -0.1) is 0 Å². The molecule has 2 aromatic carbocycles. The van der Waals surface area contributed by atoms with Crippen LogP contribution in [0.4, 0.5) is 5.69 Å².